The van der Waals surface area contributed by atoms with Crippen molar-refractivity contribution in [3.05, 3.63) is 71.7 Å². The molecule has 0 radical (unpaired) electrons. The van der Waals surface area contributed by atoms with Gasteiger partial charge in [-0.3, -0.25) is 4.90 Å². The molecule has 0 fully saturated rings. The zero-order valence-corrected chi connectivity index (χ0v) is 19.5. The Morgan fingerprint density at radius 1 is 1.21 bits per heavy atom. The summed E-state index contributed by atoms with van der Waals surface area (Å²) in [5.74, 6) is 2.85. The first-order chi connectivity index (χ1) is 16.5. The van der Waals surface area contributed by atoms with Gasteiger partial charge in [-0.2, -0.15) is 5.10 Å². The van der Waals surface area contributed by atoms with E-state index in [1.807, 2.05) is 42.2 Å². The number of terminal acetylenes is 1. The Bertz CT molecular complexity index is 1080. The van der Waals surface area contributed by atoms with Crippen molar-refractivity contribution in [1.29, 1.82) is 0 Å². The number of rotatable bonds is 13. The van der Waals surface area contributed by atoms with Gasteiger partial charge in [0.15, 0.2) is 0 Å². The van der Waals surface area contributed by atoms with Crippen LogP contribution in [0.5, 0.6) is 11.6 Å². The lowest BCUT2D eigenvalue weighted by atomic mass is 10.2. The summed E-state index contributed by atoms with van der Waals surface area (Å²) >= 11 is 0. The van der Waals surface area contributed by atoms with E-state index in [2.05, 4.69) is 5.92 Å². The lowest BCUT2D eigenvalue weighted by Gasteiger charge is -2.25. The highest BCUT2D eigenvalue weighted by Crippen LogP contribution is 2.32. The van der Waals surface area contributed by atoms with Gasteiger partial charge in [-0.1, -0.05) is 30.2 Å². The number of aliphatic hydroxyl groups is 1. The predicted octanol–water partition coefficient (Wildman–Crippen LogP) is 3.57. The minimum absolute atomic E-state index is 0.128. The average molecular weight is 468 g/mol. The van der Waals surface area contributed by atoms with Gasteiger partial charge < -0.3 is 19.3 Å². The number of nitrogens with zero attached hydrogens (tertiary/aromatic N) is 3. The minimum Gasteiger partial charge on any atom is -0.438 e. The molecule has 8 heteroatoms. The quantitative estimate of drug-likeness (QED) is 0.306. The van der Waals surface area contributed by atoms with Crippen LogP contribution in [0, 0.1) is 25.1 Å². The number of para-hydroxylation sites is 1. The van der Waals surface area contributed by atoms with Crippen LogP contribution in [-0.4, -0.2) is 65.9 Å². The van der Waals surface area contributed by atoms with Crippen LogP contribution in [0.25, 0.3) is 5.69 Å². The van der Waals surface area contributed by atoms with Gasteiger partial charge in [0, 0.05) is 32.8 Å². The molecule has 0 aliphatic rings. The van der Waals surface area contributed by atoms with Gasteiger partial charge in [-0.15, -0.1) is 6.42 Å². The van der Waals surface area contributed by atoms with Gasteiger partial charge in [0.25, 0.3) is 0 Å². The minimum atomic E-state index is -0.734. The van der Waals surface area contributed by atoms with Crippen molar-refractivity contribution < 1.29 is 23.7 Å². The summed E-state index contributed by atoms with van der Waals surface area (Å²) in [4.78, 5) is 2.03. The fourth-order valence-electron chi connectivity index (χ4n) is 3.50. The van der Waals surface area contributed by atoms with E-state index in [4.69, 9.17) is 25.7 Å². The Morgan fingerprint density at radius 2 is 2.00 bits per heavy atom. The van der Waals surface area contributed by atoms with Crippen molar-refractivity contribution >= 4 is 0 Å². The number of aliphatic hydroxyl groups excluding tert-OH is 1. The maximum absolute atomic E-state index is 13.8. The molecule has 0 saturated carbocycles. The molecule has 0 unspecified atom stereocenters. The highest BCUT2D eigenvalue weighted by atomic mass is 19.1. The summed E-state index contributed by atoms with van der Waals surface area (Å²) in [7, 11) is 1.63. The molecule has 0 bridgehead atoms. The number of aryl methyl sites for hydroxylation is 1. The number of hydrogen-bond acceptors (Lipinski definition) is 6. The molecule has 1 atom stereocenters. The molecule has 0 saturated heterocycles. The molecule has 7 nitrogen and oxygen atoms in total. The van der Waals surface area contributed by atoms with E-state index in [0.29, 0.717) is 37.9 Å². The van der Waals surface area contributed by atoms with E-state index in [1.165, 1.54) is 12.1 Å². The smallest absolute Gasteiger partial charge is 0.227 e. The Balaban J connectivity index is 1.92. The monoisotopic (exact) mass is 467 g/mol. The molecule has 0 aliphatic heterocycles. The predicted molar refractivity (Wildman–Crippen MR) is 128 cm³/mol. The molecule has 1 heterocycles. The molecule has 1 aromatic heterocycles. The van der Waals surface area contributed by atoms with Crippen LogP contribution in [0.15, 0.2) is 54.6 Å². The van der Waals surface area contributed by atoms with Crippen LogP contribution in [0.2, 0.25) is 0 Å². The van der Waals surface area contributed by atoms with Crippen LogP contribution < -0.4 is 4.74 Å². The van der Waals surface area contributed by atoms with Crippen molar-refractivity contribution in [3.8, 4) is 29.7 Å². The van der Waals surface area contributed by atoms with E-state index in [9.17, 15) is 9.50 Å². The van der Waals surface area contributed by atoms with Crippen LogP contribution in [0.4, 0.5) is 4.39 Å². The fourth-order valence-corrected chi connectivity index (χ4v) is 3.50. The highest BCUT2D eigenvalue weighted by molar-refractivity contribution is 5.43. The van der Waals surface area contributed by atoms with E-state index in [1.54, 1.807) is 23.9 Å². The van der Waals surface area contributed by atoms with Gasteiger partial charge in [-0.05, 0) is 31.2 Å². The van der Waals surface area contributed by atoms with Gasteiger partial charge in [0.05, 0.1) is 36.3 Å². The zero-order valence-electron chi connectivity index (χ0n) is 19.5. The lowest BCUT2D eigenvalue weighted by molar-refractivity contribution is 0.0206. The number of aromatic nitrogens is 2. The van der Waals surface area contributed by atoms with E-state index < -0.39 is 11.9 Å². The molecule has 0 amide bonds. The molecule has 34 heavy (non-hydrogen) atoms. The molecule has 1 N–H and O–H groups in total. The summed E-state index contributed by atoms with van der Waals surface area (Å²) in [6.07, 6.45) is 4.48. The van der Waals surface area contributed by atoms with Gasteiger partial charge in [0.2, 0.25) is 5.88 Å². The standard InChI is InChI=1S/C26H30FN3O4/c1-4-14-33-19-23(31)17-29(13-15-32-3)18-25-20(2)28-30(22-10-6-5-7-11-22)26(25)34-24-12-8-9-21(27)16-24/h1,5-12,16,23,31H,13-15,17-19H2,2-3H3/t23-/m0/s1. The Morgan fingerprint density at radius 3 is 2.71 bits per heavy atom. The van der Waals surface area contributed by atoms with Crippen LogP contribution in [-0.2, 0) is 16.0 Å². The van der Waals surface area contributed by atoms with Gasteiger partial charge in [0.1, 0.15) is 18.2 Å². The third-order valence-electron chi connectivity index (χ3n) is 5.11. The maximum Gasteiger partial charge on any atom is 0.227 e. The first-order valence-corrected chi connectivity index (χ1v) is 11.0. The van der Waals surface area contributed by atoms with E-state index in [-0.39, 0.29) is 13.2 Å². The zero-order chi connectivity index (χ0) is 24.3. The van der Waals surface area contributed by atoms with Crippen LogP contribution in [0.1, 0.15) is 11.3 Å². The van der Waals surface area contributed by atoms with Crippen molar-refractivity contribution in [2.45, 2.75) is 19.6 Å². The normalized spacial score (nSPS) is 12.0. The molecule has 180 valence electrons. The van der Waals surface area contributed by atoms with Gasteiger partial charge in [-0.25, -0.2) is 9.07 Å². The number of benzene rings is 2. The summed E-state index contributed by atoms with van der Waals surface area (Å²) < 4.78 is 32.3. The molecule has 2 aromatic carbocycles. The van der Waals surface area contributed by atoms with Crippen molar-refractivity contribution in [2.24, 2.45) is 0 Å². The Kier molecular flexibility index (Phi) is 9.62. The second-order valence-corrected chi connectivity index (χ2v) is 7.78. The Hall–Kier alpha value is -3.22. The maximum atomic E-state index is 13.8. The molecule has 3 aromatic rings. The fraction of sp³-hybridized carbons (Fsp3) is 0.346. The second kappa shape index (κ2) is 12.9. The van der Waals surface area contributed by atoms with Gasteiger partial charge >= 0.3 is 0 Å². The van der Waals surface area contributed by atoms with Crippen molar-refractivity contribution in [1.82, 2.24) is 14.7 Å². The van der Waals surface area contributed by atoms with E-state index in [0.717, 1.165) is 16.9 Å². The number of hydrogen-bond donors (Lipinski definition) is 1. The number of methoxy groups -OCH3 is 1. The summed E-state index contributed by atoms with van der Waals surface area (Å²) in [5.41, 5.74) is 2.39. The summed E-state index contributed by atoms with van der Waals surface area (Å²) in [6, 6.07) is 15.6. The third kappa shape index (κ3) is 7.14. The summed E-state index contributed by atoms with van der Waals surface area (Å²) in [6.45, 7) is 3.98. The molecule has 0 aliphatic carbocycles. The lowest BCUT2D eigenvalue weighted by Crippen LogP contribution is -2.36. The highest BCUT2D eigenvalue weighted by Gasteiger charge is 2.22. The molecular formula is C26H30FN3O4. The number of halogens is 1. The molecular weight excluding hydrogens is 437 g/mol. The third-order valence-corrected chi connectivity index (χ3v) is 5.11. The van der Waals surface area contributed by atoms with Crippen LogP contribution in [0.3, 0.4) is 0 Å². The molecule has 3 rings (SSSR count). The topological polar surface area (TPSA) is 69.0 Å². The molecule has 0 spiro atoms. The number of ether oxygens (including phenoxy) is 3. The summed E-state index contributed by atoms with van der Waals surface area (Å²) in [5, 5.41) is 15.1. The largest absolute Gasteiger partial charge is 0.438 e. The first-order valence-electron chi connectivity index (χ1n) is 11.0. The SMILES string of the molecule is C#CCOC[C@@H](O)CN(CCOC)Cc1c(C)nn(-c2ccccc2)c1Oc1cccc(F)c1. The second-order valence-electron chi connectivity index (χ2n) is 7.78. The average Bonchev–Trinajstić information content (AvgIpc) is 3.13. The first kappa shape index (κ1) is 25.4. The Labute approximate surface area is 199 Å². The van der Waals surface area contributed by atoms with E-state index >= 15 is 0 Å². The van der Waals surface area contributed by atoms with Crippen LogP contribution >= 0.6 is 0 Å². The van der Waals surface area contributed by atoms with Crippen molar-refractivity contribution in [3.63, 3.8) is 0 Å². The van der Waals surface area contributed by atoms with Crippen molar-refractivity contribution in [2.75, 3.05) is 40.0 Å².